The molecule has 7 unspecified atom stereocenters. The number of ether oxygens (including phenoxy) is 2. The van der Waals surface area contributed by atoms with Crippen LogP contribution in [0.2, 0.25) is 0 Å². The quantitative estimate of drug-likeness (QED) is 0.0261. The molecule has 1 aliphatic rings. The average molecular weight is 1090 g/mol. The molecule has 1 heterocycles. The summed E-state index contributed by atoms with van der Waals surface area (Å²) in [5.41, 5.74) is 0. The molecule has 0 saturated carbocycles. The summed E-state index contributed by atoms with van der Waals surface area (Å²) in [7, 11) is 0. The maximum absolute atomic E-state index is 13.1. The zero-order chi connectivity index (χ0) is 55.8. The van der Waals surface area contributed by atoms with Crippen LogP contribution in [0.1, 0.15) is 335 Å². The van der Waals surface area contributed by atoms with Crippen molar-refractivity contribution < 1.29 is 39.8 Å². The van der Waals surface area contributed by atoms with Gasteiger partial charge < -0.3 is 40.3 Å². The lowest BCUT2D eigenvalue weighted by Gasteiger charge is -2.40. The minimum atomic E-state index is -1.57. The monoisotopic (exact) mass is 1090 g/mol. The number of amides is 1. The van der Waals surface area contributed by atoms with E-state index in [4.69, 9.17) is 9.47 Å². The molecule has 0 aromatic heterocycles. The molecule has 6 N–H and O–H groups in total. The number of rotatable bonds is 59. The van der Waals surface area contributed by atoms with E-state index in [1.807, 2.05) is 6.08 Å². The van der Waals surface area contributed by atoms with E-state index in [1.165, 1.54) is 270 Å². The van der Waals surface area contributed by atoms with E-state index in [2.05, 4.69) is 43.5 Å². The molecule has 0 bridgehead atoms. The van der Waals surface area contributed by atoms with Crippen LogP contribution in [0.15, 0.2) is 36.5 Å². The van der Waals surface area contributed by atoms with Crippen LogP contribution in [-0.4, -0.2) is 87.5 Å². The maximum atomic E-state index is 13.1. The Balaban J connectivity index is 2.18. The van der Waals surface area contributed by atoms with Crippen LogP contribution in [0.25, 0.3) is 0 Å². The van der Waals surface area contributed by atoms with E-state index >= 15 is 0 Å². The summed E-state index contributed by atoms with van der Waals surface area (Å²) in [5.74, 6) is -0.184. The predicted molar refractivity (Wildman–Crippen MR) is 327 cm³/mol. The first-order chi connectivity index (χ1) is 37.8. The first-order valence-electron chi connectivity index (χ1n) is 33.7. The van der Waals surface area contributed by atoms with E-state index in [0.29, 0.717) is 6.42 Å². The molecule has 77 heavy (non-hydrogen) atoms. The van der Waals surface area contributed by atoms with Gasteiger partial charge in [0.15, 0.2) is 6.29 Å². The van der Waals surface area contributed by atoms with Crippen LogP contribution in [0.5, 0.6) is 0 Å². The first-order valence-corrected chi connectivity index (χ1v) is 33.7. The number of unbranched alkanes of at least 4 members (excludes halogenated alkanes) is 45. The lowest BCUT2D eigenvalue weighted by atomic mass is 9.99. The molecule has 0 aromatic rings. The standard InChI is InChI=1S/C68H129NO8/c1-3-5-7-9-11-13-15-17-19-21-23-25-27-28-29-30-31-32-33-34-36-37-39-41-43-45-47-49-51-53-55-57-62(71)61(60-76-68-67(75)66(74)65(73)63(59-70)77-68)69-64(72)58-56-54-52-50-48-46-44-42-40-38-35-26-24-22-20-18-16-14-12-10-8-6-4-2/h39,41,47,49,55,57,61-63,65-68,70-71,73-75H,3-38,40,42-46,48,50-54,56,58-60H2,1-2H3,(H,69,72)/b41-39+,49-47+,57-55+. The Kier molecular flexibility index (Phi) is 55.0. The average Bonchev–Trinajstić information content (AvgIpc) is 3.43. The lowest BCUT2D eigenvalue weighted by molar-refractivity contribution is -0.302. The van der Waals surface area contributed by atoms with Gasteiger partial charge >= 0.3 is 0 Å². The van der Waals surface area contributed by atoms with Gasteiger partial charge in [-0.3, -0.25) is 4.79 Å². The van der Waals surface area contributed by atoms with Gasteiger partial charge in [-0.25, -0.2) is 0 Å². The molecular formula is C68H129NO8. The van der Waals surface area contributed by atoms with E-state index in [1.54, 1.807) is 6.08 Å². The minimum Gasteiger partial charge on any atom is -0.394 e. The van der Waals surface area contributed by atoms with Crippen LogP contribution < -0.4 is 5.32 Å². The van der Waals surface area contributed by atoms with Crippen molar-refractivity contribution in [3.63, 3.8) is 0 Å². The molecular weight excluding hydrogens is 959 g/mol. The fraction of sp³-hybridized carbons (Fsp3) is 0.897. The number of allylic oxidation sites excluding steroid dienone is 5. The molecule has 9 heteroatoms. The van der Waals surface area contributed by atoms with Crippen molar-refractivity contribution >= 4 is 5.91 Å². The van der Waals surface area contributed by atoms with Crippen molar-refractivity contribution in [2.75, 3.05) is 13.2 Å². The van der Waals surface area contributed by atoms with Crippen LogP contribution in [-0.2, 0) is 14.3 Å². The number of hydrogen-bond donors (Lipinski definition) is 6. The van der Waals surface area contributed by atoms with E-state index in [9.17, 15) is 30.3 Å². The molecule has 1 saturated heterocycles. The number of carbonyl (C=O) groups excluding carboxylic acids is 1. The Bertz CT molecular complexity index is 1310. The maximum Gasteiger partial charge on any atom is 0.220 e. The SMILES string of the molecule is CCCCCCCCCCCCCCCCCCCCCCC/C=C/CC/C=C/CC/C=C/C(O)C(COC1OC(CO)C(O)C(O)C1O)NC(=O)CCCCCCCCCCCCCCCCCCCCCCCCC. The second-order valence-corrected chi connectivity index (χ2v) is 23.6. The smallest absolute Gasteiger partial charge is 0.220 e. The summed E-state index contributed by atoms with van der Waals surface area (Å²) >= 11 is 0. The van der Waals surface area contributed by atoms with Gasteiger partial charge in [0.05, 0.1) is 25.4 Å². The van der Waals surface area contributed by atoms with E-state index in [0.717, 1.165) is 44.9 Å². The Morgan fingerprint density at radius 3 is 1.09 bits per heavy atom. The summed E-state index contributed by atoms with van der Waals surface area (Å²) in [6.07, 6.45) is 69.7. The molecule has 1 amide bonds. The summed E-state index contributed by atoms with van der Waals surface area (Å²) in [5, 5.41) is 54.7. The minimum absolute atomic E-state index is 0.184. The van der Waals surface area contributed by atoms with Gasteiger partial charge in [-0.2, -0.15) is 0 Å². The molecule has 1 rings (SSSR count). The van der Waals surface area contributed by atoms with E-state index < -0.39 is 49.5 Å². The molecule has 1 fully saturated rings. The van der Waals surface area contributed by atoms with Gasteiger partial charge in [-0.05, 0) is 44.9 Å². The summed E-state index contributed by atoms with van der Waals surface area (Å²) in [4.78, 5) is 13.1. The van der Waals surface area contributed by atoms with Crippen molar-refractivity contribution in [2.45, 2.75) is 378 Å². The van der Waals surface area contributed by atoms with Crippen LogP contribution in [0.3, 0.4) is 0 Å². The topological polar surface area (TPSA) is 149 Å². The zero-order valence-corrected chi connectivity index (χ0v) is 50.7. The van der Waals surface area contributed by atoms with Gasteiger partial charge in [-0.1, -0.05) is 320 Å². The molecule has 0 radical (unpaired) electrons. The molecule has 1 aliphatic heterocycles. The number of aliphatic hydroxyl groups is 5. The summed E-state index contributed by atoms with van der Waals surface area (Å²) < 4.78 is 11.3. The van der Waals surface area contributed by atoms with Crippen molar-refractivity contribution in [1.29, 1.82) is 0 Å². The fourth-order valence-corrected chi connectivity index (χ4v) is 10.9. The second kappa shape index (κ2) is 57.6. The molecule has 0 aromatic carbocycles. The molecule has 0 aliphatic carbocycles. The fourth-order valence-electron chi connectivity index (χ4n) is 10.9. The molecule has 7 atom stereocenters. The third kappa shape index (κ3) is 46.7. The first kappa shape index (κ1) is 73.4. The largest absolute Gasteiger partial charge is 0.394 e. The Morgan fingerprint density at radius 1 is 0.429 bits per heavy atom. The second-order valence-electron chi connectivity index (χ2n) is 23.6. The van der Waals surface area contributed by atoms with E-state index in [-0.39, 0.29) is 12.5 Å². The Hall–Kier alpha value is -1.59. The van der Waals surface area contributed by atoms with Gasteiger partial charge in [0, 0.05) is 6.42 Å². The Morgan fingerprint density at radius 2 is 0.740 bits per heavy atom. The van der Waals surface area contributed by atoms with Crippen molar-refractivity contribution in [2.24, 2.45) is 0 Å². The normalized spacial score (nSPS) is 18.9. The van der Waals surface area contributed by atoms with Crippen LogP contribution in [0, 0.1) is 0 Å². The highest BCUT2D eigenvalue weighted by Crippen LogP contribution is 2.23. The number of carbonyl (C=O) groups is 1. The highest BCUT2D eigenvalue weighted by atomic mass is 16.7. The summed E-state index contributed by atoms with van der Waals surface area (Å²) in [6.45, 7) is 3.81. The molecule has 0 spiro atoms. The number of nitrogens with one attached hydrogen (secondary N) is 1. The third-order valence-corrected chi connectivity index (χ3v) is 16.2. The summed E-state index contributed by atoms with van der Waals surface area (Å²) in [6, 6.07) is -0.827. The molecule has 454 valence electrons. The van der Waals surface area contributed by atoms with Crippen molar-refractivity contribution in [3.05, 3.63) is 36.5 Å². The van der Waals surface area contributed by atoms with Crippen molar-refractivity contribution in [3.8, 4) is 0 Å². The highest BCUT2D eigenvalue weighted by Gasteiger charge is 2.44. The highest BCUT2D eigenvalue weighted by molar-refractivity contribution is 5.76. The van der Waals surface area contributed by atoms with Gasteiger partial charge in [-0.15, -0.1) is 0 Å². The third-order valence-electron chi connectivity index (χ3n) is 16.2. The van der Waals surface area contributed by atoms with Crippen LogP contribution >= 0.6 is 0 Å². The van der Waals surface area contributed by atoms with Gasteiger partial charge in [0.25, 0.3) is 0 Å². The number of hydrogen-bond acceptors (Lipinski definition) is 8. The molecule has 9 nitrogen and oxygen atoms in total. The Labute approximate surface area is 476 Å². The van der Waals surface area contributed by atoms with Gasteiger partial charge in [0.1, 0.15) is 24.4 Å². The lowest BCUT2D eigenvalue weighted by Crippen LogP contribution is -2.60. The van der Waals surface area contributed by atoms with Crippen LogP contribution in [0.4, 0.5) is 0 Å². The number of aliphatic hydroxyl groups excluding tert-OH is 5. The van der Waals surface area contributed by atoms with Gasteiger partial charge in [0.2, 0.25) is 5.91 Å². The predicted octanol–water partition coefficient (Wildman–Crippen LogP) is 17.9. The van der Waals surface area contributed by atoms with Crippen molar-refractivity contribution in [1.82, 2.24) is 5.32 Å². The zero-order valence-electron chi connectivity index (χ0n) is 50.7.